The number of carbonyl (C=O) groups is 1. The first-order valence-electron chi connectivity index (χ1n) is 9.77. The lowest BCUT2D eigenvalue weighted by atomic mass is 10.1. The van der Waals surface area contributed by atoms with E-state index in [1.54, 1.807) is 6.07 Å². The normalized spacial score (nSPS) is 17.8. The van der Waals surface area contributed by atoms with Crippen LogP contribution in [0.2, 0.25) is 5.15 Å². The number of para-hydroxylation sites is 1. The predicted octanol–water partition coefficient (Wildman–Crippen LogP) is 3.79. The van der Waals surface area contributed by atoms with Gasteiger partial charge >= 0.3 is 6.18 Å². The van der Waals surface area contributed by atoms with Crippen LogP contribution in [0.15, 0.2) is 30.3 Å². The number of nitrogens with zero attached hydrogens (tertiary/aromatic N) is 4. The van der Waals surface area contributed by atoms with Gasteiger partial charge in [-0.15, -0.1) is 0 Å². The highest BCUT2D eigenvalue weighted by Gasteiger charge is 2.34. The smallest absolute Gasteiger partial charge is 0.354 e. The Balaban J connectivity index is 1.33. The molecule has 1 aliphatic heterocycles. The summed E-state index contributed by atoms with van der Waals surface area (Å²) in [5, 5.41) is 2.81. The first-order chi connectivity index (χ1) is 14.3. The van der Waals surface area contributed by atoms with E-state index in [4.69, 9.17) is 11.6 Å². The van der Waals surface area contributed by atoms with E-state index < -0.39 is 17.6 Å². The van der Waals surface area contributed by atoms with Crippen molar-refractivity contribution in [2.45, 2.75) is 24.9 Å². The standard InChI is InChI=1S/C20H21ClF3N5O/c21-16-11-17(27-19(26-16)13-5-6-13)29-9-7-28(8-10-29)12-18(30)25-15-4-2-1-3-14(15)20(22,23)24/h1-4,11,13H,5-10,12H2,(H,25,30). The van der Waals surface area contributed by atoms with Gasteiger partial charge in [0.2, 0.25) is 5.91 Å². The van der Waals surface area contributed by atoms with E-state index in [0.29, 0.717) is 37.3 Å². The van der Waals surface area contributed by atoms with Crippen LogP contribution in [-0.4, -0.2) is 53.5 Å². The van der Waals surface area contributed by atoms with Crippen LogP contribution >= 0.6 is 11.6 Å². The highest BCUT2D eigenvalue weighted by atomic mass is 35.5. The van der Waals surface area contributed by atoms with Gasteiger partial charge in [0.05, 0.1) is 17.8 Å². The zero-order valence-corrected chi connectivity index (χ0v) is 16.9. The van der Waals surface area contributed by atoms with Gasteiger partial charge in [-0.2, -0.15) is 13.2 Å². The van der Waals surface area contributed by atoms with Gasteiger partial charge < -0.3 is 10.2 Å². The number of nitrogens with one attached hydrogen (secondary N) is 1. The summed E-state index contributed by atoms with van der Waals surface area (Å²) in [5.41, 5.74) is -1.08. The third kappa shape index (κ3) is 5.02. The largest absolute Gasteiger partial charge is 0.418 e. The number of piperazine rings is 1. The Morgan fingerprint density at radius 1 is 1.13 bits per heavy atom. The van der Waals surface area contributed by atoms with Crippen LogP contribution in [0, 0.1) is 0 Å². The number of hydrogen-bond donors (Lipinski definition) is 1. The third-order valence-electron chi connectivity index (χ3n) is 5.21. The maximum atomic E-state index is 13.1. The molecule has 0 radical (unpaired) electrons. The second-order valence-corrected chi connectivity index (χ2v) is 7.92. The molecule has 160 valence electrons. The Kier molecular flexibility index (Phi) is 5.84. The van der Waals surface area contributed by atoms with Gasteiger partial charge in [-0.05, 0) is 25.0 Å². The summed E-state index contributed by atoms with van der Waals surface area (Å²) in [6.07, 6.45) is -2.35. The van der Waals surface area contributed by atoms with Crippen molar-refractivity contribution in [2.75, 3.05) is 42.9 Å². The summed E-state index contributed by atoms with van der Waals surface area (Å²) < 4.78 is 39.3. The van der Waals surface area contributed by atoms with Crippen molar-refractivity contribution in [2.24, 2.45) is 0 Å². The molecule has 2 fully saturated rings. The van der Waals surface area contributed by atoms with E-state index in [1.165, 1.54) is 18.2 Å². The number of anilines is 2. The Morgan fingerprint density at radius 2 is 1.83 bits per heavy atom. The van der Waals surface area contributed by atoms with Crippen LogP contribution in [0.25, 0.3) is 0 Å². The van der Waals surface area contributed by atoms with Crippen molar-refractivity contribution in [1.29, 1.82) is 0 Å². The topological polar surface area (TPSA) is 61.4 Å². The predicted molar refractivity (Wildman–Crippen MR) is 108 cm³/mol. The van der Waals surface area contributed by atoms with Gasteiger partial charge in [0.1, 0.15) is 16.8 Å². The van der Waals surface area contributed by atoms with Gasteiger partial charge in [-0.3, -0.25) is 9.69 Å². The number of carbonyl (C=O) groups excluding carboxylic acids is 1. The SMILES string of the molecule is O=C(CN1CCN(c2cc(Cl)nc(C3CC3)n2)CC1)Nc1ccccc1C(F)(F)F. The minimum Gasteiger partial charge on any atom is -0.354 e. The molecule has 1 aliphatic carbocycles. The summed E-state index contributed by atoms with van der Waals surface area (Å²) in [5.74, 6) is 1.48. The number of rotatable bonds is 5. The molecule has 0 atom stereocenters. The molecule has 1 aromatic carbocycles. The van der Waals surface area contributed by atoms with Gasteiger partial charge in [0.15, 0.2) is 0 Å². The third-order valence-corrected chi connectivity index (χ3v) is 5.40. The van der Waals surface area contributed by atoms with Gasteiger partial charge in [-0.1, -0.05) is 23.7 Å². The number of hydrogen-bond acceptors (Lipinski definition) is 5. The zero-order valence-electron chi connectivity index (χ0n) is 16.1. The number of aromatic nitrogens is 2. The fraction of sp³-hybridized carbons (Fsp3) is 0.450. The zero-order chi connectivity index (χ0) is 21.3. The number of benzene rings is 1. The van der Waals surface area contributed by atoms with E-state index in [2.05, 4.69) is 20.2 Å². The van der Waals surface area contributed by atoms with Crippen LogP contribution in [-0.2, 0) is 11.0 Å². The average molecular weight is 440 g/mol. The number of alkyl halides is 3. The summed E-state index contributed by atoms with van der Waals surface area (Å²) >= 11 is 6.14. The summed E-state index contributed by atoms with van der Waals surface area (Å²) in [6.45, 7) is 2.50. The van der Waals surface area contributed by atoms with Crippen molar-refractivity contribution in [3.8, 4) is 0 Å². The quantitative estimate of drug-likeness (QED) is 0.718. The van der Waals surface area contributed by atoms with Crippen LogP contribution in [0.4, 0.5) is 24.7 Å². The molecule has 1 N–H and O–H groups in total. The molecule has 1 aromatic heterocycles. The monoisotopic (exact) mass is 439 g/mol. The maximum Gasteiger partial charge on any atom is 0.418 e. The second-order valence-electron chi connectivity index (χ2n) is 7.54. The molecule has 2 heterocycles. The molecular formula is C20H21ClF3N5O. The molecule has 4 rings (SSSR count). The van der Waals surface area contributed by atoms with Crippen LogP contribution in [0.3, 0.4) is 0 Å². The van der Waals surface area contributed by atoms with Crippen molar-refractivity contribution >= 4 is 29.0 Å². The van der Waals surface area contributed by atoms with Crippen LogP contribution in [0.5, 0.6) is 0 Å². The van der Waals surface area contributed by atoms with E-state index in [0.717, 1.165) is 30.6 Å². The van der Waals surface area contributed by atoms with Gasteiger partial charge in [0.25, 0.3) is 0 Å². The fourth-order valence-electron chi connectivity index (χ4n) is 3.48. The Bertz CT molecular complexity index is 927. The van der Waals surface area contributed by atoms with E-state index in [9.17, 15) is 18.0 Å². The Hall–Kier alpha value is -2.39. The molecule has 1 saturated carbocycles. The van der Waals surface area contributed by atoms with E-state index in [1.807, 2.05) is 4.90 Å². The lowest BCUT2D eigenvalue weighted by Crippen LogP contribution is -2.49. The molecule has 2 aromatic rings. The Morgan fingerprint density at radius 3 is 2.50 bits per heavy atom. The average Bonchev–Trinajstić information content (AvgIpc) is 3.53. The highest BCUT2D eigenvalue weighted by Crippen LogP contribution is 2.39. The molecule has 0 bridgehead atoms. The van der Waals surface area contributed by atoms with E-state index in [-0.39, 0.29) is 12.2 Å². The molecule has 0 spiro atoms. The summed E-state index contributed by atoms with van der Waals surface area (Å²) in [7, 11) is 0. The van der Waals surface area contributed by atoms with Crippen molar-refractivity contribution in [3.63, 3.8) is 0 Å². The summed E-state index contributed by atoms with van der Waals surface area (Å²) in [4.78, 5) is 25.2. The molecule has 2 aliphatic rings. The number of amides is 1. The molecule has 1 saturated heterocycles. The lowest BCUT2D eigenvalue weighted by molar-refractivity contribution is -0.137. The van der Waals surface area contributed by atoms with E-state index >= 15 is 0 Å². The minimum absolute atomic E-state index is 0.0257. The Labute approximate surface area is 177 Å². The second kappa shape index (κ2) is 8.39. The molecule has 1 amide bonds. The van der Waals surface area contributed by atoms with Gasteiger partial charge in [0, 0.05) is 38.2 Å². The van der Waals surface area contributed by atoms with Crippen molar-refractivity contribution < 1.29 is 18.0 Å². The summed E-state index contributed by atoms with van der Waals surface area (Å²) in [6, 6.07) is 6.72. The van der Waals surface area contributed by atoms with Crippen molar-refractivity contribution in [1.82, 2.24) is 14.9 Å². The molecule has 30 heavy (non-hydrogen) atoms. The molecule has 10 heteroatoms. The lowest BCUT2D eigenvalue weighted by Gasteiger charge is -2.35. The highest BCUT2D eigenvalue weighted by molar-refractivity contribution is 6.29. The molecule has 0 unspecified atom stereocenters. The van der Waals surface area contributed by atoms with Crippen molar-refractivity contribution in [3.05, 3.63) is 46.9 Å². The van der Waals surface area contributed by atoms with Gasteiger partial charge in [-0.25, -0.2) is 9.97 Å². The molecule has 6 nitrogen and oxygen atoms in total. The van der Waals surface area contributed by atoms with Crippen LogP contribution < -0.4 is 10.2 Å². The van der Waals surface area contributed by atoms with Crippen LogP contribution in [0.1, 0.15) is 30.1 Å². The fourth-order valence-corrected chi connectivity index (χ4v) is 3.66. The minimum atomic E-state index is -4.52. The molecular weight excluding hydrogens is 419 g/mol. The first kappa shape index (κ1) is 20.9. The first-order valence-corrected chi connectivity index (χ1v) is 10.2. The number of halogens is 4. The maximum absolute atomic E-state index is 13.1.